The van der Waals surface area contributed by atoms with E-state index in [0.717, 1.165) is 5.75 Å². The van der Waals surface area contributed by atoms with Gasteiger partial charge in [0.15, 0.2) is 0 Å². The Morgan fingerprint density at radius 2 is 1.93 bits per heavy atom. The number of benzene rings is 1. The Hall–Kier alpha value is -0.470. The molecule has 0 aliphatic carbocycles. The van der Waals surface area contributed by atoms with Crippen molar-refractivity contribution >= 4 is 11.8 Å². The van der Waals surface area contributed by atoms with Crippen LogP contribution in [0.4, 0.5) is 0 Å². The zero-order valence-corrected chi connectivity index (χ0v) is 10.7. The van der Waals surface area contributed by atoms with E-state index < -0.39 is 0 Å². The lowest BCUT2D eigenvalue weighted by Gasteiger charge is -2.21. The van der Waals surface area contributed by atoms with Crippen LogP contribution in [0.2, 0.25) is 0 Å². The first-order valence-corrected chi connectivity index (χ1v) is 6.65. The molecule has 1 aromatic rings. The largest absolute Gasteiger partial charge is 0.316 e. The van der Waals surface area contributed by atoms with Crippen LogP contribution in [0, 0.1) is 0 Å². The van der Waals surface area contributed by atoms with E-state index in [1.165, 1.54) is 12.0 Å². The van der Waals surface area contributed by atoms with Gasteiger partial charge in [-0.1, -0.05) is 44.2 Å². The Morgan fingerprint density at radius 3 is 2.47 bits per heavy atom. The molecule has 15 heavy (non-hydrogen) atoms. The van der Waals surface area contributed by atoms with Gasteiger partial charge in [0.1, 0.15) is 0 Å². The predicted molar refractivity (Wildman–Crippen MR) is 70.3 cm³/mol. The highest BCUT2D eigenvalue weighted by Gasteiger charge is 2.13. The van der Waals surface area contributed by atoms with Gasteiger partial charge in [0.2, 0.25) is 0 Å². The SMILES string of the molecule is CCC(NC)C(C)SCc1ccccc1. The fraction of sp³-hybridized carbons (Fsp3) is 0.538. The third-order valence-electron chi connectivity index (χ3n) is 2.73. The van der Waals surface area contributed by atoms with Crippen molar-refractivity contribution < 1.29 is 0 Å². The number of hydrogen-bond acceptors (Lipinski definition) is 2. The Morgan fingerprint density at radius 1 is 1.27 bits per heavy atom. The third kappa shape index (κ3) is 4.27. The van der Waals surface area contributed by atoms with E-state index >= 15 is 0 Å². The van der Waals surface area contributed by atoms with E-state index in [2.05, 4.69) is 49.5 Å². The standard InChI is InChI=1S/C13H21NS/c1-4-13(14-3)11(2)15-10-12-8-6-5-7-9-12/h5-9,11,13-14H,4,10H2,1-3H3. The van der Waals surface area contributed by atoms with Crippen molar-refractivity contribution in [2.75, 3.05) is 7.05 Å². The molecule has 2 atom stereocenters. The first-order valence-electron chi connectivity index (χ1n) is 5.60. The minimum absolute atomic E-state index is 0.624. The van der Waals surface area contributed by atoms with Crippen molar-refractivity contribution in [2.24, 2.45) is 0 Å². The van der Waals surface area contributed by atoms with Gasteiger partial charge in [-0.05, 0) is 19.0 Å². The molecule has 0 radical (unpaired) electrons. The molecule has 0 aliphatic heterocycles. The van der Waals surface area contributed by atoms with E-state index in [9.17, 15) is 0 Å². The molecule has 0 aliphatic rings. The van der Waals surface area contributed by atoms with Gasteiger partial charge in [-0.3, -0.25) is 0 Å². The van der Waals surface area contributed by atoms with Gasteiger partial charge in [-0.25, -0.2) is 0 Å². The smallest absolute Gasteiger partial charge is 0.0187 e. The van der Waals surface area contributed by atoms with E-state index in [1.54, 1.807) is 0 Å². The molecule has 0 aromatic heterocycles. The predicted octanol–water partition coefficient (Wildman–Crippen LogP) is 3.31. The zero-order chi connectivity index (χ0) is 11.1. The molecular weight excluding hydrogens is 202 g/mol. The summed E-state index contributed by atoms with van der Waals surface area (Å²) in [4.78, 5) is 0. The molecule has 0 saturated carbocycles. The van der Waals surface area contributed by atoms with E-state index in [0.29, 0.717) is 11.3 Å². The third-order valence-corrected chi connectivity index (χ3v) is 4.09. The van der Waals surface area contributed by atoms with E-state index in [-0.39, 0.29) is 0 Å². The Kier molecular flexibility index (Phi) is 5.81. The summed E-state index contributed by atoms with van der Waals surface area (Å²) in [6, 6.07) is 11.3. The molecule has 0 amide bonds. The average molecular weight is 223 g/mol. The minimum Gasteiger partial charge on any atom is -0.316 e. The molecular formula is C13H21NS. The normalized spacial score (nSPS) is 14.9. The monoisotopic (exact) mass is 223 g/mol. The van der Waals surface area contributed by atoms with Crippen molar-refractivity contribution in [2.45, 2.75) is 37.3 Å². The fourth-order valence-corrected chi connectivity index (χ4v) is 2.90. The number of thioether (sulfide) groups is 1. The molecule has 0 saturated heterocycles. The molecule has 1 aromatic carbocycles. The first-order chi connectivity index (χ1) is 7.27. The van der Waals surface area contributed by atoms with Gasteiger partial charge in [0.25, 0.3) is 0 Å². The van der Waals surface area contributed by atoms with Crippen molar-refractivity contribution in [1.82, 2.24) is 5.32 Å². The molecule has 2 heteroatoms. The van der Waals surface area contributed by atoms with Gasteiger partial charge >= 0.3 is 0 Å². The summed E-state index contributed by atoms with van der Waals surface area (Å²) in [5, 5.41) is 4.03. The van der Waals surface area contributed by atoms with Gasteiger partial charge in [0.05, 0.1) is 0 Å². The molecule has 0 heterocycles. The molecule has 0 fully saturated rings. The van der Waals surface area contributed by atoms with Crippen LogP contribution in [0.25, 0.3) is 0 Å². The van der Waals surface area contributed by atoms with Crippen LogP contribution in [-0.4, -0.2) is 18.3 Å². The maximum Gasteiger partial charge on any atom is 0.0187 e. The maximum absolute atomic E-state index is 3.37. The van der Waals surface area contributed by atoms with Crippen LogP contribution >= 0.6 is 11.8 Å². The van der Waals surface area contributed by atoms with Crippen LogP contribution in [0.15, 0.2) is 30.3 Å². The summed E-state index contributed by atoms with van der Waals surface area (Å²) in [5.41, 5.74) is 1.42. The second kappa shape index (κ2) is 6.91. The van der Waals surface area contributed by atoms with Gasteiger partial charge in [-0.15, -0.1) is 0 Å². The highest BCUT2D eigenvalue weighted by molar-refractivity contribution is 7.99. The lowest BCUT2D eigenvalue weighted by molar-refractivity contribution is 0.541. The summed E-state index contributed by atoms with van der Waals surface area (Å²) in [5.74, 6) is 1.11. The summed E-state index contributed by atoms with van der Waals surface area (Å²) >= 11 is 2.02. The number of rotatable bonds is 6. The number of nitrogens with one attached hydrogen (secondary N) is 1. The fourth-order valence-electron chi connectivity index (χ4n) is 1.69. The minimum atomic E-state index is 0.624. The van der Waals surface area contributed by atoms with E-state index in [1.807, 2.05) is 18.8 Å². The number of hydrogen-bond donors (Lipinski definition) is 1. The van der Waals surface area contributed by atoms with Gasteiger partial charge < -0.3 is 5.32 Å². The van der Waals surface area contributed by atoms with Gasteiger partial charge in [0, 0.05) is 17.0 Å². The Bertz CT molecular complexity index is 256. The van der Waals surface area contributed by atoms with Crippen molar-refractivity contribution in [3.05, 3.63) is 35.9 Å². The quantitative estimate of drug-likeness (QED) is 0.794. The Labute approximate surface area is 97.7 Å². The first kappa shape index (κ1) is 12.6. The van der Waals surface area contributed by atoms with Crippen molar-refractivity contribution in [3.63, 3.8) is 0 Å². The van der Waals surface area contributed by atoms with Crippen LogP contribution in [0.3, 0.4) is 0 Å². The molecule has 0 bridgehead atoms. The molecule has 0 spiro atoms. The zero-order valence-electron chi connectivity index (χ0n) is 9.86. The van der Waals surface area contributed by atoms with Crippen LogP contribution in [0.5, 0.6) is 0 Å². The molecule has 1 N–H and O–H groups in total. The van der Waals surface area contributed by atoms with Crippen LogP contribution < -0.4 is 5.32 Å². The summed E-state index contributed by atoms with van der Waals surface area (Å²) in [6.45, 7) is 4.54. The second-order valence-electron chi connectivity index (χ2n) is 3.81. The van der Waals surface area contributed by atoms with Crippen molar-refractivity contribution in [1.29, 1.82) is 0 Å². The van der Waals surface area contributed by atoms with Crippen LogP contribution in [0.1, 0.15) is 25.8 Å². The lowest BCUT2D eigenvalue weighted by atomic mass is 10.2. The molecule has 2 unspecified atom stereocenters. The summed E-state index contributed by atoms with van der Waals surface area (Å²) < 4.78 is 0. The van der Waals surface area contributed by atoms with Gasteiger partial charge in [-0.2, -0.15) is 11.8 Å². The molecule has 1 rings (SSSR count). The second-order valence-corrected chi connectivity index (χ2v) is 5.17. The summed E-state index contributed by atoms with van der Waals surface area (Å²) in [6.07, 6.45) is 1.19. The van der Waals surface area contributed by atoms with Crippen molar-refractivity contribution in [3.8, 4) is 0 Å². The van der Waals surface area contributed by atoms with Crippen LogP contribution in [-0.2, 0) is 5.75 Å². The summed E-state index contributed by atoms with van der Waals surface area (Å²) in [7, 11) is 2.05. The molecule has 1 nitrogen and oxygen atoms in total. The highest BCUT2D eigenvalue weighted by atomic mass is 32.2. The maximum atomic E-state index is 3.37. The lowest BCUT2D eigenvalue weighted by Crippen LogP contribution is -2.33. The molecule has 84 valence electrons. The Balaban J connectivity index is 2.36. The topological polar surface area (TPSA) is 12.0 Å². The highest BCUT2D eigenvalue weighted by Crippen LogP contribution is 2.21. The van der Waals surface area contributed by atoms with E-state index in [4.69, 9.17) is 0 Å². The average Bonchev–Trinajstić information content (AvgIpc) is 2.29.